The molecule has 1 unspecified atom stereocenters. The molecule has 0 spiro atoms. The number of rotatable bonds is 16. The highest BCUT2D eigenvalue weighted by Gasteiger charge is 2.39. The van der Waals surface area contributed by atoms with Crippen LogP contribution in [0.25, 0.3) is 11.0 Å². The van der Waals surface area contributed by atoms with Crippen LogP contribution in [-0.4, -0.2) is 42.9 Å². The Hall–Kier alpha value is -2.34. The number of carbonyl (C=O) groups is 1. The van der Waals surface area contributed by atoms with Gasteiger partial charge in [0.1, 0.15) is 17.7 Å². The molecule has 0 bridgehead atoms. The van der Waals surface area contributed by atoms with Crippen LogP contribution in [0.4, 0.5) is 5.82 Å². The van der Waals surface area contributed by atoms with Gasteiger partial charge in [-0.3, -0.25) is 4.79 Å². The average Bonchev–Trinajstić information content (AvgIpc) is 3.52. The fourth-order valence-electron chi connectivity index (χ4n) is 4.75. The summed E-state index contributed by atoms with van der Waals surface area (Å²) in [7, 11) is 0. The molecule has 1 fully saturated rings. The second-order valence-corrected chi connectivity index (χ2v) is 10.5. The molecule has 38 heavy (non-hydrogen) atoms. The molecule has 0 amide bonds. The third kappa shape index (κ3) is 10.4. The van der Waals surface area contributed by atoms with Crippen LogP contribution in [-0.2, 0) is 9.53 Å². The monoisotopic (exact) mass is 548 g/mol. The molecule has 2 aromatic rings. The number of aliphatic carboxylic acids is 1. The van der Waals surface area contributed by atoms with E-state index in [0.29, 0.717) is 36.1 Å². The maximum atomic E-state index is 10.3. The third-order valence-electron chi connectivity index (χ3n) is 7.05. The van der Waals surface area contributed by atoms with E-state index < -0.39 is 11.6 Å². The number of unbranched alkanes of at least 4 members (excludes halogenated alkanes) is 12. The number of ether oxygens (including phenoxy) is 1. The predicted octanol–water partition coefficient (Wildman–Crippen LogP) is 6.89. The third-order valence-corrected chi connectivity index (χ3v) is 7.22. The van der Waals surface area contributed by atoms with E-state index in [1.807, 2.05) is 4.57 Å². The van der Waals surface area contributed by atoms with E-state index in [1.165, 1.54) is 70.6 Å². The summed E-state index contributed by atoms with van der Waals surface area (Å²) in [5.74, 6) is 2.19. The summed E-state index contributed by atoms with van der Waals surface area (Å²) in [6.45, 7) is 2.05. The summed E-state index contributed by atoms with van der Waals surface area (Å²) in [5, 5.41) is 18.7. The van der Waals surface area contributed by atoms with Gasteiger partial charge in [-0.15, -0.1) is 6.42 Å². The topological polar surface area (TPSA) is 123 Å². The maximum absolute atomic E-state index is 10.3. The summed E-state index contributed by atoms with van der Waals surface area (Å²) in [5.41, 5.74) is 5.48. The highest BCUT2D eigenvalue weighted by molar-refractivity contribution is 6.28. The summed E-state index contributed by atoms with van der Waals surface area (Å²) >= 11 is 5.84. The number of aromatic nitrogens is 3. The van der Waals surface area contributed by atoms with E-state index in [-0.39, 0.29) is 18.1 Å². The number of aliphatic hydroxyl groups is 1. The van der Waals surface area contributed by atoms with Crippen molar-refractivity contribution in [2.75, 3.05) is 12.3 Å². The van der Waals surface area contributed by atoms with E-state index >= 15 is 0 Å². The number of aliphatic hydroxyl groups excluding tert-OH is 1. The van der Waals surface area contributed by atoms with Crippen LogP contribution in [0, 0.1) is 12.3 Å². The zero-order valence-electron chi connectivity index (χ0n) is 22.8. The van der Waals surface area contributed by atoms with E-state index in [0.717, 1.165) is 12.8 Å². The number of carboxylic acids is 1. The zero-order chi connectivity index (χ0) is 27.8. The molecule has 0 radical (unpaired) electrons. The number of nitrogens with zero attached hydrogens (tertiary/aromatic N) is 3. The van der Waals surface area contributed by atoms with E-state index in [1.54, 1.807) is 12.3 Å². The van der Waals surface area contributed by atoms with Crippen molar-refractivity contribution in [3.63, 3.8) is 0 Å². The lowest BCUT2D eigenvalue weighted by Crippen LogP contribution is -2.31. The van der Waals surface area contributed by atoms with Crippen molar-refractivity contribution in [1.29, 1.82) is 0 Å². The number of nitrogen functional groups attached to an aromatic ring is 1. The number of carboxylic acid groups (broad SMARTS) is 1. The number of fused-ring (bicyclic) bond motifs is 1. The van der Waals surface area contributed by atoms with Gasteiger partial charge in [-0.2, -0.15) is 4.98 Å². The van der Waals surface area contributed by atoms with Crippen molar-refractivity contribution < 1.29 is 19.7 Å². The highest BCUT2D eigenvalue weighted by atomic mass is 35.5. The van der Waals surface area contributed by atoms with E-state index in [4.69, 9.17) is 33.6 Å². The van der Waals surface area contributed by atoms with Gasteiger partial charge >= 0.3 is 5.97 Å². The molecular weight excluding hydrogens is 504 g/mol. The zero-order valence-corrected chi connectivity index (χ0v) is 23.6. The van der Waals surface area contributed by atoms with Crippen molar-refractivity contribution >= 4 is 34.4 Å². The molecule has 1 saturated heterocycles. The lowest BCUT2D eigenvalue weighted by Gasteiger charge is -2.21. The summed E-state index contributed by atoms with van der Waals surface area (Å²) in [6.07, 6.45) is 25.5. The summed E-state index contributed by atoms with van der Waals surface area (Å²) in [4.78, 5) is 18.4. The van der Waals surface area contributed by atoms with Crippen LogP contribution in [0.2, 0.25) is 5.28 Å². The minimum atomic E-state index is -0.927. The molecule has 212 valence electrons. The molecule has 3 heterocycles. The van der Waals surface area contributed by atoms with Crippen molar-refractivity contribution in [3.05, 3.63) is 17.5 Å². The summed E-state index contributed by atoms with van der Waals surface area (Å²) < 4.78 is 7.63. The molecular formula is C29H45ClN4O4. The van der Waals surface area contributed by atoms with Gasteiger partial charge in [-0.25, -0.2) is 4.98 Å². The second-order valence-electron chi connectivity index (χ2n) is 10.1. The number of hydrogen-bond acceptors (Lipinski definition) is 6. The second kappa shape index (κ2) is 17.3. The first-order valence-electron chi connectivity index (χ1n) is 14.1. The van der Waals surface area contributed by atoms with Crippen LogP contribution in [0.3, 0.4) is 0 Å². The number of anilines is 1. The molecule has 0 saturated carbocycles. The van der Waals surface area contributed by atoms with E-state index in [2.05, 4.69) is 22.8 Å². The van der Waals surface area contributed by atoms with Crippen LogP contribution in [0.1, 0.15) is 116 Å². The summed E-state index contributed by atoms with van der Waals surface area (Å²) in [6, 6.07) is 1.80. The van der Waals surface area contributed by atoms with Gasteiger partial charge in [-0.1, -0.05) is 89.9 Å². The average molecular weight is 549 g/mol. The van der Waals surface area contributed by atoms with Crippen LogP contribution < -0.4 is 5.73 Å². The fourth-order valence-corrected chi connectivity index (χ4v) is 4.93. The van der Waals surface area contributed by atoms with E-state index in [9.17, 15) is 9.90 Å². The van der Waals surface area contributed by atoms with Crippen LogP contribution in [0.15, 0.2) is 12.3 Å². The molecule has 8 nitrogen and oxygen atoms in total. The Bertz CT molecular complexity index is 1020. The Morgan fingerprint density at radius 2 is 1.71 bits per heavy atom. The molecule has 9 heteroatoms. The minimum absolute atomic E-state index is 0.0818. The number of halogens is 1. The Kier molecular flexibility index (Phi) is 14.5. The molecule has 1 aliphatic heterocycles. The lowest BCUT2D eigenvalue weighted by atomic mass is 10.0. The Morgan fingerprint density at radius 1 is 1.13 bits per heavy atom. The van der Waals surface area contributed by atoms with Crippen molar-refractivity contribution in [2.24, 2.45) is 0 Å². The van der Waals surface area contributed by atoms with Gasteiger partial charge in [0.05, 0.1) is 12.0 Å². The number of hydrogen-bond donors (Lipinski definition) is 3. The van der Waals surface area contributed by atoms with Gasteiger partial charge in [-0.05, 0) is 36.9 Å². The van der Waals surface area contributed by atoms with Gasteiger partial charge in [0.25, 0.3) is 0 Å². The van der Waals surface area contributed by atoms with Crippen LogP contribution >= 0.6 is 11.6 Å². The lowest BCUT2D eigenvalue weighted by molar-refractivity contribution is -0.137. The largest absolute Gasteiger partial charge is 0.481 e. The fraction of sp³-hybridized carbons (Fsp3) is 0.690. The standard InChI is InChI=1S/C16H32O2.C13H13ClN4O2/c1-2-3-4-5-6-7-8-9-10-11-12-13-14-15-16(17)18;1-2-13(7-19)5-3-9(20-13)18-6-4-8-10(15)16-12(14)17-11(8)18/h2-15H2,1H3,(H,17,18);1,4,6,9,19H,3,5,7H2,(H2,15,16,17)/t;9-,13?/m.1/s1. The molecule has 4 N–H and O–H groups in total. The van der Waals surface area contributed by atoms with Gasteiger partial charge < -0.3 is 25.3 Å². The van der Waals surface area contributed by atoms with Gasteiger partial charge in [0, 0.05) is 12.6 Å². The molecule has 0 aliphatic carbocycles. The molecule has 1 aliphatic rings. The van der Waals surface area contributed by atoms with Crippen LogP contribution in [0.5, 0.6) is 0 Å². The van der Waals surface area contributed by atoms with Crippen molar-refractivity contribution in [2.45, 2.75) is 121 Å². The first-order chi connectivity index (χ1) is 18.4. The Morgan fingerprint density at radius 3 is 2.21 bits per heavy atom. The predicted molar refractivity (Wildman–Crippen MR) is 153 cm³/mol. The first-order valence-corrected chi connectivity index (χ1v) is 14.5. The molecule has 2 atom stereocenters. The minimum Gasteiger partial charge on any atom is -0.481 e. The Labute approximate surface area is 232 Å². The maximum Gasteiger partial charge on any atom is 0.303 e. The normalized spacial score (nSPS) is 18.7. The van der Waals surface area contributed by atoms with Gasteiger partial charge in [0.15, 0.2) is 5.60 Å². The Balaban J connectivity index is 0.000000269. The SMILES string of the molecule is C#CC1(CO)CC[C@H](n2ccc3c(N)nc(Cl)nc32)O1.CCCCCCCCCCCCCCCC(=O)O. The highest BCUT2D eigenvalue weighted by Crippen LogP contribution is 2.38. The number of terminal acetylenes is 1. The number of nitrogens with two attached hydrogens (primary N) is 1. The van der Waals surface area contributed by atoms with Crippen molar-refractivity contribution in [3.8, 4) is 12.3 Å². The molecule has 2 aromatic heterocycles. The van der Waals surface area contributed by atoms with Crippen molar-refractivity contribution in [1.82, 2.24) is 14.5 Å². The first kappa shape index (κ1) is 31.9. The van der Waals surface area contributed by atoms with Gasteiger partial charge in [0.2, 0.25) is 5.28 Å². The molecule has 0 aromatic carbocycles. The molecule has 3 rings (SSSR count). The quantitative estimate of drug-likeness (QED) is 0.118. The smallest absolute Gasteiger partial charge is 0.303 e.